The number of unbranched alkanes of at least 4 members (excludes halogenated alkanes) is 1. The van der Waals surface area contributed by atoms with E-state index in [0.29, 0.717) is 36.7 Å². The van der Waals surface area contributed by atoms with Gasteiger partial charge in [0, 0.05) is 26.2 Å². The molecule has 0 atom stereocenters. The Morgan fingerprint density at radius 2 is 2.09 bits per heavy atom. The summed E-state index contributed by atoms with van der Waals surface area (Å²) in [6.07, 6.45) is 5.20. The number of fused-ring (bicyclic) bond motifs is 2. The largest absolute Gasteiger partial charge is 0.454 e. The summed E-state index contributed by atoms with van der Waals surface area (Å²) in [7, 11) is 1.83. The topological polar surface area (TPSA) is 124 Å². The van der Waals surface area contributed by atoms with Crippen LogP contribution < -0.4 is 25.4 Å². The van der Waals surface area contributed by atoms with E-state index in [1.807, 2.05) is 29.8 Å². The average Bonchev–Trinajstić information content (AvgIpc) is 3.35. The SMILES string of the molecule is CNc1nc(NC2CC2)nc2c1ncn2CCCCOC(=O)NCc1ccc2c(c1)OCO2. The van der Waals surface area contributed by atoms with E-state index in [-0.39, 0.29) is 6.79 Å². The van der Waals surface area contributed by atoms with Crippen molar-refractivity contribution in [1.82, 2.24) is 24.8 Å². The molecule has 3 aromatic rings. The minimum absolute atomic E-state index is 0.227. The van der Waals surface area contributed by atoms with Crippen molar-refractivity contribution in [2.45, 2.75) is 44.8 Å². The van der Waals surface area contributed by atoms with Crippen molar-refractivity contribution in [3.8, 4) is 11.5 Å². The van der Waals surface area contributed by atoms with E-state index in [0.717, 1.165) is 54.7 Å². The lowest BCUT2D eigenvalue weighted by atomic mass is 10.2. The number of benzene rings is 1. The highest BCUT2D eigenvalue weighted by Crippen LogP contribution is 2.32. The molecular weight excluding hydrogens is 426 g/mol. The number of hydrogen-bond acceptors (Lipinski definition) is 9. The van der Waals surface area contributed by atoms with Crippen molar-refractivity contribution in [3.63, 3.8) is 0 Å². The first-order chi connectivity index (χ1) is 16.2. The normalized spacial score (nSPS) is 14.3. The van der Waals surface area contributed by atoms with E-state index >= 15 is 0 Å². The van der Waals surface area contributed by atoms with E-state index < -0.39 is 6.09 Å². The van der Waals surface area contributed by atoms with Crippen LogP contribution in [0.15, 0.2) is 24.5 Å². The number of aromatic nitrogens is 4. The molecule has 0 radical (unpaired) electrons. The van der Waals surface area contributed by atoms with Crippen molar-refractivity contribution in [3.05, 3.63) is 30.1 Å². The van der Waals surface area contributed by atoms with Crippen molar-refractivity contribution in [1.29, 1.82) is 0 Å². The Hall–Kier alpha value is -3.76. The molecule has 5 rings (SSSR count). The summed E-state index contributed by atoms with van der Waals surface area (Å²) in [6.45, 7) is 1.65. The van der Waals surface area contributed by atoms with Gasteiger partial charge >= 0.3 is 6.09 Å². The number of alkyl carbamates (subject to hydrolysis) is 1. The van der Waals surface area contributed by atoms with Gasteiger partial charge in [-0.3, -0.25) is 0 Å². The lowest BCUT2D eigenvalue weighted by Crippen LogP contribution is -2.24. The predicted octanol–water partition coefficient (Wildman–Crippen LogP) is 2.88. The molecule has 11 nitrogen and oxygen atoms in total. The fourth-order valence-corrected chi connectivity index (χ4v) is 3.58. The maximum Gasteiger partial charge on any atom is 0.407 e. The van der Waals surface area contributed by atoms with E-state index in [1.165, 1.54) is 0 Å². The predicted molar refractivity (Wildman–Crippen MR) is 122 cm³/mol. The summed E-state index contributed by atoms with van der Waals surface area (Å²) in [4.78, 5) is 25.6. The second-order valence-corrected chi connectivity index (χ2v) is 8.06. The minimum Gasteiger partial charge on any atom is -0.454 e. The van der Waals surface area contributed by atoms with Crippen LogP contribution in [0, 0.1) is 0 Å². The third kappa shape index (κ3) is 5.02. The summed E-state index contributed by atoms with van der Waals surface area (Å²) in [5.74, 6) is 2.75. The van der Waals surface area contributed by atoms with Crippen LogP contribution in [0.2, 0.25) is 0 Å². The molecule has 3 N–H and O–H groups in total. The second-order valence-electron chi connectivity index (χ2n) is 8.06. The number of hydrogen-bond donors (Lipinski definition) is 3. The molecule has 11 heteroatoms. The molecule has 2 aliphatic rings. The smallest absolute Gasteiger partial charge is 0.407 e. The lowest BCUT2D eigenvalue weighted by Gasteiger charge is -2.09. The zero-order valence-electron chi connectivity index (χ0n) is 18.5. The van der Waals surface area contributed by atoms with Gasteiger partial charge in [0.2, 0.25) is 12.7 Å². The summed E-state index contributed by atoms with van der Waals surface area (Å²) >= 11 is 0. The average molecular weight is 454 g/mol. The Labute approximate surface area is 190 Å². The van der Waals surface area contributed by atoms with E-state index in [2.05, 4.69) is 30.9 Å². The highest BCUT2D eigenvalue weighted by molar-refractivity contribution is 5.84. The first-order valence-electron chi connectivity index (χ1n) is 11.2. The van der Waals surface area contributed by atoms with Crippen molar-refractivity contribution >= 4 is 29.0 Å². The van der Waals surface area contributed by atoms with Gasteiger partial charge in [0.15, 0.2) is 28.5 Å². The number of rotatable bonds is 10. The van der Waals surface area contributed by atoms with Gasteiger partial charge in [-0.25, -0.2) is 9.78 Å². The first kappa shape index (κ1) is 21.1. The molecule has 0 bridgehead atoms. The molecule has 1 aromatic carbocycles. The van der Waals surface area contributed by atoms with Gasteiger partial charge in [-0.1, -0.05) is 6.07 Å². The number of carbonyl (C=O) groups excluding carboxylic acids is 1. The number of anilines is 2. The van der Waals surface area contributed by atoms with E-state index in [1.54, 1.807) is 6.33 Å². The second kappa shape index (κ2) is 9.39. The van der Waals surface area contributed by atoms with Crippen molar-refractivity contribution in [2.75, 3.05) is 31.1 Å². The van der Waals surface area contributed by atoms with Crippen LogP contribution in [0.5, 0.6) is 11.5 Å². The molecule has 2 aromatic heterocycles. The molecule has 3 heterocycles. The van der Waals surface area contributed by atoms with Gasteiger partial charge in [-0.05, 0) is 43.4 Å². The van der Waals surface area contributed by atoms with E-state index in [4.69, 9.17) is 14.2 Å². The minimum atomic E-state index is -0.442. The molecular formula is C22H27N7O4. The quantitative estimate of drug-likeness (QED) is 0.397. The molecule has 0 saturated heterocycles. The van der Waals surface area contributed by atoms with Crippen LogP contribution in [-0.4, -0.2) is 52.1 Å². The number of nitrogens with zero attached hydrogens (tertiary/aromatic N) is 4. The van der Waals surface area contributed by atoms with Crippen molar-refractivity contribution < 1.29 is 19.0 Å². The van der Waals surface area contributed by atoms with Crippen LogP contribution in [0.1, 0.15) is 31.2 Å². The van der Waals surface area contributed by atoms with Crippen LogP contribution in [-0.2, 0) is 17.8 Å². The Kier molecular flexibility index (Phi) is 6.01. The number of amides is 1. The fourth-order valence-electron chi connectivity index (χ4n) is 3.58. The number of imidazole rings is 1. The number of nitrogens with one attached hydrogen (secondary N) is 3. The van der Waals surface area contributed by atoms with Crippen LogP contribution in [0.4, 0.5) is 16.6 Å². The van der Waals surface area contributed by atoms with Gasteiger partial charge in [0.05, 0.1) is 12.9 Å². The van der Waals surface area contributed by atoms with Gasteiger partial charge < -0.3 is 34.7 Å². The molecule has 174 valence electrons. The Morgan fingerprint density at radius 3 is 2.94 bits per heavy atom. The zero-order valence-corrected chi connectivity index (χ0v) is 18.5. The molecule has 0 spiro atoms. The molecule has 1 aliphatic carbocycles. The fraction of sp³-hybridized carbons (Fsp3) is 0.455. The zero-order chi connectivity index (χ0) is 22.6. The highest BCUT2D eigenvalue weighted by Gasteiger charge is 2.23. The van der Waals surface area contributed by atoms with Gasteiger partial charge in [-0.15, -0.1) is 0 Å². The molecule has 1 amide bonds. The summed E-state index contributed by atoms with van der Waals surface area (Å²) in [6, 6.07) is 6.04. The Balaban J connectivity index is 1.07. The maximum absolute atomic E-state index is 12.0. The number of carbonyl (C=O) groups is 1. The maximum atomic E-state index is 12.0. The van der Waals surface area contributed by atoms with Gasteiger partial charge in [-0.2, -0.15) is 9.97 Å². The van der Waals surface area contributed by atoms with Gasteiger partial charge in [0.1, 0.15) is 0 Å². The first-order valence-corrected chi connectivity index (χ1v) is 11.2. The Morgan fingerprint density at radius 1 is 1.21 bits per heavy atom. The van der Waals surface area contributed by atoms with Crippen LogP contribution in [0.25, 0.3) is 11.2 Å². The molecule has 0 unspecified atom stereocenters. The summed E-state index contributed by atoms with van der Waals surface area (Å²) in [5.41, 5.74) is 2.46. The lowest BCUT2D eigenvalue weighted by molar-refractivity contribution is 0.143. The standard InChI is InChI=1S/C22H27N7O4/c1-23-19-18-20(28-21(27-19)26-15-5-6-15)29(12-25-18)8-2-3-9-31-22(30)24-11-14-4-7-16-17(10-14)33-13-32-16/h4,7,10,12,15H,2-3,5-6,8-9,11,13H2,1H3,(H,24,30)(H2,23,26,27,28). The van der Waals surface area contributed by atoms with Crippen LogP contribution in [0.3, 0.4) is 0 Å². The highest BCUT2D eigenvalue weighted by atomic mass is 16.7. The number of ether oxygens (including phenoxy) is 3. The monoisotopic (exact) mass is 453 g/mol. The third-order valence-electron chi connectivity index (χ3n) is 5.51. The molecule has 1 fully saturated rings. The molecule has 1 saturated carbocycles. The molecule has 1 aliphatic heterocycles. The summed E-state index contributed by atoms with van der Waals surface area (Å²) in [5, 5.41) is 9.20. The van der Waals surface area contributed by atoms with Crippen LogP contribution >= 0.6 is 0 Å². The summed E-state index contributed by atoms with van der Waals surface area (Å²) < 4.78 is 17.9. The third-order valence-corrected chi connectivity index (χ3v) is 5.51. The van der Waals surface area contributed by atoms with Gasteiger partial charge in [0.25, 0.3) is 0 Å². The van der Waals surface area contributed by atoms with E-state index in [9.17, 15) is 4.79 Å². The molecule has 33 heavy (non-hydrogen) atoms. The van der Waals surface area contributed by atoms with Crippen molar-refractivity contribution in [2.24, 2.45) is 0 Å². The Bertz CT molecular complexity index is 1150. The number of aryl methyl sites for hydroxylation is 1.